The third-order valence-electron chi connectivity index (χ3n) is 1.62. The topological polar surface area (TPSA) is 26.0 Å². The van der Waals surface area contributed by atoms with Crippen LogP contribution in [0.4, 0.5) is 5.69 Å². The van der Waals surface area contributed by atoms with E-state index in [2.05, 4.69) is 17.5 Å². The zero-order valence-electron chi connectivity index (χ0n) is 6.45. The summed E-state index contributed by atoms with van der Waals surface area (Å²) in [5.41, 5.74) is 7.50. The van der Waals surface area contributed by atoms with Crippen LogP contribution in [0.15, 0.2) is 36.4 Å². The van der Waals surface area contributed by atoms with Gasteiger partial charge in [-0.3, -0.25) is 0 Å². The summed E-state index contributed by atoms with van der Waals surface area (Å²) in [4.78, 5) is 1.17. The molecular formula is C10H8NS. The number of benzene rings is 1. The van der Waals surface area contributed by atoms with Gasteiger partial charge in [0.05, 0.1) is 11.1 Å². The first-order valence-corrected chi connectivity index (χ1v) is 4.50. The molecule has 1 aromatic heterocycles. The number of hydrogen-bond donors (Lipinski definition) is 1. The zero-order valence-corrected chi connectivity index (χ0v) is 7.27. The van der Waals surface area contributed by atoms with Gasteiger partial charge in [0.1, 0.15) is 0 Å². The Labute approximate surface area is 75.5 Å². The smallest absolute Gasteiger partial charge is 0.0699 e. The predicted octanol–water partition coefficient (Wildman–Crippen LogP) is 2.80. The van der Waals surface area contributed by atoms with E-state index in [1.54, 1.807) is 11.3 Å². The molecular weight excluding hydrogens is 166 g/mol. The van der Waals surface area contributed by atoms with Gasteiger partial charge in [-0.05, 0) is 11.6 Å². The minimum atomic E-state index is 0.721. The van der Waals surface area contributed by atoms with Crippen LogP contribution in [0, 0.1) is 5.38 Å². The number of rotatable bonds is 1. The summed E-state index contributed by atoms with van der Waals surface area (Å²) in [6, 6.07) is 12.1. The fourth-order valence-corrected chi connectivity index (χ4v) is 1.79. The Bertz CT molecular complexity index is 364. The quantitative estimate of drug-likeness (QED) is 0.706. The Morgan fingerprint density at radius 2 is 1.92 bits per heavy atom. The summed E-state index contributed by atoms with van der Waals surface area (Å²) < 4.78 is 0. The second kappa shape index (κ2) is 2.99. The second-order valence-electron chi connectivity index (χ2n) is 2.53. The van der Waals surface area contributed by atoms with Crippen molar-refractivity contribution >= 4 is 17.0 Å². The molecule has 1 aromatic carbocycles. The number of hydrogen-bond acceptors (Lipinski definition) is 2. The monoisotopic (exact) mass is 174 g/mol. The van der Waals surface area contributed by atoms with E-state index in [0.29, 0.717) is 0 Å². The average molecular weight is 174 g/mol. The molecule has 0 spiro atoms. The van der Waals surface area contributed by atoms with Crippen LogP contribution in [-0.4, -0.2) is 0 Å². The maximum absolute atomic E-state index is 5.57. The SMILES string of the molecule is Nc1[c]sc(-c2ccccc2)c1. The first-order chi connectivity index (χ1) is 5.86. The van der Waals surface area contributed by atoms with E-state index < -0.39 is 0 Å². The minimum absolute atomic E-state index is 0.721. The maximum atomic E-state index is 5.57. The van der Waals surface area contributed by atoms with Crippen molar-refractivity contribution in [1.29, 1.82) is 0 Å². The van der Waals surface area contributed by atoms with Gasteiger partial charge in [0.2, 0.25) is 0 Å². The molecule has 0 bridgehead atoms. The third kappa shape index (κ3) is 1.34. The van der Waals surface area contributed by atoms with Gasteiger partial charge in [-0.15, -0.1) is 11.3 Å². The highest BCUT2D eigenvalue weighted by Crippen LogP contribution is 2.27. The molecule has 1 nitrogen and oxygen atoms in total. The average Bonchev–Trinajstić information content (AvgIpc) is 2.54. The number of nitrogen functional groups attached to an aromatic ring is 1. The summed E-state index contributed by atoms with van der Waals surface area (Å²) in [5.74, 6) is 0. The molecule has 2 N–H and O–H groups in total. The van der Waals surface area contributed by atoms with Crippen LogP contribution < -0.4 is 5.73 Å². The van der Waals surface area contributed by atoms with Crippen LogP contribution in [0.25, 0.3) is 10.4 Å². The zero-order chi connectivity index (χ0) is 8.39. The molecule has 2 rings (SSSR count). The molecule has 2 aromatic rings. The highest BCUT2D eigenvalue weighted by Gasteiger charge is 1.98. The van der Waals surface area contributed by atoms with E-state index in [1.807, 2.05) is 24.3 Å². The van der Waals surface area contributed by atoms with Gasteiger partial charge in [0.15, 0.2) is 0 Å². The van der Waals surface area contributed by atoms with Crippen LogP contribution >= 0.6 is 11.3 Å². The van der Waals surface area contributed by atoms with Crippen molar-refractivity contribution in [2.45, 2.75) is 0 Å². The van der Waals surface area contributed by atoms with Gasteiger partial charge in [0, 0.05) is 4.88 Å². The lowest BCUT2D eigenvalue weighted by Crippen LogP contribution is -1.76. The Morgan fingerprint density at radius 1 is 1.17 bits per heavy atom. The van der Waals surface area contributed by atoms with Gasteiger partial charge in [-0.1, -0.05) is 30.3 Å². The lowest BCUT2D eigenvalue weighted by molar-refractivity contribution is 1.70. The van der Waals surface area contributed by atoms with Gasteiger partial charge in [0.25, 0.3) is 0 Å². The van der Waals surface area contributed by atoms with Crippen molar-refractivity contribution in [1.82, 2.24) is 0 Å². The molecule has 12 heavy (non-hydrogen) atoms. The van der Waals surface area contributed by atoms with Crippen molar-refractivity contribution in [2.75, 3.05) is 5.73 Å². The summed E-state index contributed by atoms with van der Waals surface area (Å²) in [6.07, 6.45) is 0. The summed E-state index contributed by atoms with van der Waals surface area (Å²) >= 11 is 1.55. The van der Waals surface area contributed by atoms with Gasteiger partial charge >= 0.3 is 0 Å². The van der Waals surface area contributed by atoms with E-state index >= 15 is 0 Å². The third-order valence-corrected chi connectivity index (χ3v) is 2.53. The van der Waals surface area contributed by atoms with Crippen LogP contribution in [0.5, 0.6) is 0 Å². The molecule has 0 atom stereocenters. The fourth-order valence-electron chi connectivity index (χ4n) is 1.06. The first kappa shape index (κ1) is 7.37. The molecule has 2 heteroatoms. The van der Waals surface area contributed by atoms with Gasteiger partial charge in [-0.2, -0.15) is 0 Å². The number of anilines is 1. The summed E-state index contributed by atoms with van der Waals surface area (Å²) in [7, 11) is 0. The van der Waals surface area contributed by atoms with Crippen molar-refractivity contribution in [3.8, 4) is 10.4 Å². The van der Waals surface area contributed by atoms with Crippen LogP contribution in [0.2, 0.25) is 0 Å². The Hall–Kier alpha value is -1.28. The first-order valence-electron chi connectivity index (χ1n) is 3.68. The number of thiophene rings is 1. The lowest BCUT2D eigenvalue weighted by Gasteiger charge is -1.93. The number of nitrogens with two attached hydrogens (primary N) is 1. The van der Waals surface area contributed by atoms with Crippen molar-refractivity contribution in [2.24, 2.45) is 0 Å². The van der Waals surface area contributed by atoms with E-state index in [9.17, 15) is 0 Å². The van der Waals surface area contributed by atoms with Crippen molar-refractivity contribution in [3.63, 3.8) is 0 Å². The highest BCUT2D eigenvalue weighted by molar-refractivity contribution is 7.13. The highest BCUT2D eigenvalue weighted by atomic mass is 32.1. The molecule has 0 aliphatic carbocycles. The molecule has 0 aliphatic rings. The maximum Gasteiger partial charge on any atom is 0.0699 e. The largest absolute Gasteiger partial charge is 0.398 e. The molecule has 1 heterocycles. The van der Waals surface area contributed by atoms with Crippen LogP contribution in [0.3, 0.4) is 0 Å². The summed E-state index contributed by atoms with van der Waals surface area (Å²) in [5, 5.41) is 2.99. The van der Waals surface area contributed by atoms with E-state index in [1.165, 1.54) is 10.4 Å². The van der Waals surface area contributed by atoms with E-state index in [4.69, 9.17) is 5.73 Å². The Balaban J connectivity index is 2.45. The Morgan fingerprint density at radius 3 is 2.50 bits per heavy atom. The van der Waals surface area contributed by atoms with Crippen molar-refractivity contribution < 1.29 is 0 Å². The fraction of sp³-hybridized carbons (Fsp3) is 0. The second-order valence-corrected chi connectivity index (χ2v) is 3.38. The molecule has 59 valence electrons. The molecule has 0 saturated carbocycles. The molecule has 0 amide bonds. The van der Waals surface area contributed by atoms with Gasteiger partial charge < -0.3 is 5.73 Å². The molecule has 0 fully saturated rings. The van der Waals surface area contributed by atoms with Crippen LogP contribution in [-0.2, 0) is 0 Å². The molecule has 0 saturated heterocycles. The normalized spacial score (nSPS) is 10.0. The van der Waals surface area contributed by atoms with Gasteiger partial charge in [-0.25, -0.2) is 0 Å². The minimum Gasteiger partial charge on any atom is -0.398 e. The lowest BCUT2D eigenvalue weighted by atomic mass is 10.2. The molecule has 0 unspecified atom stereocenters. The predicted molar refractivity (Wildman–Crippen MR) is 53.0 cm³/mol. The van der Waals surface area contributed by atoms with Crippen LogP contribution in [0.1, 0.15) is 0 Å². The molecule has 1 radical (unpaired) electrons. The summed E-state index contributed by atoms with van der Waals surface area (Å²) in [6.45, 7) is 0. The standard InChI is InChI=1S/C10H8NS/c11-9-6-10(12-7-9)8-4-2-1-3-5-8/h1-6H,11H2. The molecule has 0 aliphatic heterocycles. The van der Waals surface area contributed by atoms with E-state index in [-0.39, 0.29) is 0 Å². The van der Waals surface area contributed by atoms with E-state index in [0.717, 1.165) is 5.69 Å². The van der Waals surface area contributed by atoms with Crippen molar-refractivity contribution in [3.05, 3.63) is 41.8 Å². The Kier molecular flexibility index (Phi) is 1.84.